The summed E-state index contributed by atoms with van der Waals surface area (Å²) in [6.07, 6.45) is 0. The monoisotopic (exact) mass is 131 g/mol. The average Bonchev–Trinajstić information content (AvgIpc) is 0.811. The van der Waals surface area contributed by atoms with Gasteiger partial charge in [-0.05, 0) is 0 Å². The van der Waals surface area contributed by atoms with Crippen molar-refractivity contribution in [2.24, 2.45) is 0 Å². The van der Waals surface area contributed by atoms with Gasteiger partial charge in [0.2, 0.25) is 0 Å². The van der Waals surface area contributed by atoms with Crippen molar-refractivity contribution < 1.29 is 10.5 Å². The van der Waals surface area contributed by atoms with Crippen molar-refractivity contribution >= 4 is 15.7 Å². The molecule has 0 bridgehead atoms. The van der Waals surface area contributed by atoms with E-state index in [-0.39, 0.29) is 0 Å². The molecule has 0 aliphatic heterocycles. The summed E-state index contributed by atoms with van der Waals surface area (Å²) in [5.74, 6) is 0. The number of hydrogen-bond donors (Lipinski definition) is 0. The van der Waals surface area contributed by atoms with Gasteiger partial charge in [-0.15, -0.1) is 0 Å². The van der Waals surface area contributed by atoms with Crippen LogP contribution in [0.4, 0.5) is 10.5 Å². The Morgan fingerprint density at radius 3 is 1.00 bits per heavy atom. The minimum atomic E-state index is -4.83. The Bertz CT molecular complexity index is 8.00. The van der Waals surface area contributed by atoms with E-state index >= 15 is 0 Å². The molecule has 0 amide bonds. The molecule has 0 N–H and O–H groups in total. The van der Waals surface area contributed by atoms with Crippen LogP contribution in [0.3, 0.4) is 0 Å². The van der Waals surface area contributed by atoms with E-state index in [2.05, 4.69) is 0 Å². The van der Waals surface area contributed by atoms with Crippen LogP contribution in [0.25, 0.3) is 0 Å². The quantitative estimate of drug-likeness (QED) is 0.426. The maximum absolute atomic E-state index is 9.83. The second kappa shape index (κ2) is 1.63. The Labute approximate surface area is 27.2 Å². The Morgan fingerprint density at radius 2 is 1.00 bits per heavy atom. The SMILES string of the molecule is [F][Ge]([F])[F]. The van der Waals surface area contributed by atoms with Crippen molar-refractivity contribution in [3.63, 3.8) is 0 Å². The Balaban J connectivity index is 2.32. The molecule has 0 atom stereocenters. The van der Waals surface area contributed by atoms with Crippen LogP contribution >= 0.6 is 0 Å². The Kier molecular flexibility index (Phi) is 1.77. The van der Waals surface area contributed by atoms with Gasteiger partial charge >= 0.3 is 26.2 Å². The zero-order chi connectivity index (χ0) is 3.58. The summed E-state index contributed by atoms with van der Waals surface area (Å²) in [6, 6.07) is 0. The fourth-order valence-corrected chi connectivity index (χ4v) is 0. The molecule has 0 aromatic rings. The van der Waals surface area contributed by atoms with Gasteiger partial charge in [-0.3, -0.25) is 0 Å². The van der Waals surface area contributed by atoms with E-state index in [9.17, 15) is 10.5 Å². The molecular weight excluding hydrogens is 130 g/mol. The first kappa shape index (κ1) is 4.33. The molecule has 0 saturated heterocycles. The number of halogens is 3. The molecule has 0 aliphatic rings. The second-order valence-electron chi connectivity index (χ2n) is 0.214. The molecule has 0 fully saturated rings. The molecule has 0 saturated carbocycles. The van der Waals surface area contributed by atoms with Crippen LogP contribution in [0.2, 0.25) is 0 Å². The Hall–Kier alpha value is 0.333. The third-order valence-corrected chi connectivity index (χ3v) is 0. The average molecular weight is 130 g/mol. The zero-order valence-corrected chi connectivity index (χ0v) is 3.73. The first-order valence-electron chi connectivity index (χ1n) is 0.567. The van der Waals surface area contributed by atoms with Crippen LogP contribution in [0, 0.1) is 0 Å². The molecule has 1 radical (unpaired) electrons. The van der Waals surface area contributed by atoms with E-state index in [1.54, 1.807) is 0 Å². The molecule has 0 rings (SSSR count). The van der Waals surface area contributed by atoms with E-state index in [0.717, 1.165) is 0 Å². The zero-order valence-electron chi connectivity index (χ0n) is 1.63. The maximum atomic E-state index is 9.83. The minimum absolute atomic E-state index is 4.83. The van der Waals surface area contributed by atoms with Crippen molar-refractivity contribution in [2.75, 3.05) is 0 Å². The summed E-state index contributed by atoms with van der Waals surface area (Å²) in [4.78, 5) is 0. The molecule has 0 aliphatic carbocycles. The van der Waals surface area contributed by atoms with Gasteiger partial charge in [-0.2, -0.15) is 0 Å². The summed E-state index contributed by atoms with van der Waals surface area (Å²) in [5, 5.41) is 0. The summed E-state index contributed by atoms with van der Waals surface area (Å²) >= 11 is -4.83. The number of rotatable bonds is 0. The summed E-state index contributed by atoms with van der Waals surface area (Å²) in [6.45, 7) is 0. The standard InChI is InChI=1S/F3Ge/c1-4(2)3. The van der Waals surface area contributed by atoms with Crippen LogP contribution < -0.4 is 0 Å². The van der Waals surface area contributed by atoms with Crippen molar-refractivity contribution in [1.29, 1.82) is 0 Å². The topological polar surface area (TPSA) is 0 Å². The van der Waals surface area contributed by atoms with Crippen LogP contribution in [0.1, 0.15) is 0 Å². The normalized spacial score (nSPS) is 9.00. The van der Waals surface area contributed by atoms with Crippen LogP contribution in [0.5, 0.6) is 0 Å². The third kappa shape index (κ3) is 37.4. The molecule has 0 unspecified atom stereocenters. The van der Waals surface area contributed by atoms with Crippen LogP contribution in [-0.4, -0.2) is 15.7 Å². The van der Waals surface area contributed by atoms with Crippen molar-refractivity contribution in [2.45, 2.75) is 0 Å². The van der Waals surface area contributed by atoms with Gasteiger partial charge in [0.05, 0.1) is 0 Å². The molecule has 0 heterocycles. The van der Waals surface area contributed by atoms with Gasteiger partial charge in [0, 0.05) is 0 Å². The van der Waals surface area contributed by atoms with Gasteiger partial charge in [0.25, 0.3) is 0 Å². The third-order valence-electron chi connectivity index (χ3n) is 0. The predicted molar refractivity (Wildman–Crippen MR) is 9.08 cm³/mol. The first-order chi connectivity index (χ1) is 1.73. The fourth-order valence-electron chi connectivity index (χ4n) is 0. The molecule has 4 heteroatoms. The van der Waals surface area contributed by atoms with Crippen LogP contribution in [-0.2, 0) is 0 Å². The fraction of sp³-hybridized carbons (Fsp3) is 0. The van der Waals surface area contributed by atoms with E-state index in [1.165, 1.54) is 0 Å². The van der Waals surface area contributed by atoms with Gasteiger partial charge in [0.1, 0.15) is 0 Å². The van der Waals surface area contributed by atoms with Crippen molar-refractivity contribution in [1.82, 2.24) is 0 Å². The molecule has 0 spiro atoms. The molecule has 4 heavy (non-hydrogen) atoms. The van der Waals surface area contributed by atoms with Crippen molar-refractivity contribution in [3.05, 3.63) is 0 Å². The van der Waals surface area contributed by atoms with Gasteiger partial charge < -0.3 is 0 Å². The molecule has 0 nitrogen and oxygen atoms in total. The first-order valence-corrected chi connectivity index (χ1v) is 2.95. The van der Waals surface area contributed by atoms with Gasteiger partial charge in [0.15, 0.2) is 0 Å². The summed E-state index contributed by atoms with van der Waals surface area (Å²) in [7, 11) is 0. The predicted octanol–water partition coefficient (Wildman–Crippen LogP) is 0.880. The molecule has 0 aromatic heterocycles. The van der Waals surface area contributed by atoms with E-state index in [4.69, 9.17) is 0 Å². The molecular formula is F3Ge. The van der Waals surface area contributed by atoms with E-state index < -0.39 is 15.7 Å². The van der Waals surface area contributed by atoms with E-state index in [0.29, 0.717) is 0 Å². The van der Waals surface area contributed by atoms with E-state index in [1.807, 2.05) is 0 Å². The van der Waals surface area contributed by atoms with Gasteiger partial charge in [-0.25, -0.2) is 0 Å². The van der Waals surface area contributed by atoms with Gasteiger partial charge in [-0.1, -0.05) is 0 Å². The number of hydrogen-bond acceptors (Lipinski definition) is 0. The van der Waals surface area contributed by atoms with Crippen LogP contribution in [0.15, 0.2) is 0 Å². The summed E-state index contributed by atoms with van der Waals surface area (Å²) < 4.78 is 29.5. The summed E-state index contributed by atoms with van der Waals surface area (Å²) in [5.41, 5.74) is 0. The van der Waals surface area contributed by atoms with Crippen molar-refractivity contribution in [3.8, 4) is 0 Å². The Morgan fingerprint density at radius 1 is 1.00 bits per heavy atom. The molecule has 0 aromatic carbocycles. The second-order valence-corrected chi connectivity index (χ2v) is 1.11. The molecule has 25 valence electrons.